The lowest BCUT2D eigenvalue weighted by Gasteiger charge is -2.06. The van der Waals surface area contributed by atoms with Crippen LogP contribution in [0.3, 0.4) is 0 Å². The van der Waals surface area contributed by atoms with Gasteiger partial charge in [0.25, 0.3) is 15.9 Å². The van der Waals surface area contributed by atoms with Crippen LogP contribution < -0.4 is 4.72 Å². The van der Waals surface area contributed by atoms with Crippen LogP contribution in [-0.4, -0.2) is 19.3 Å². The van der Waals surface area contributed by atoms with Gasteiger partial charge in [0, 0.05) is 6.20 Å². The zero-order valence-corrected chi connectivity index (χ0v) is 11.0. The summed E-state index contributed by atoms with van der Waals surface area (Å²) in [6, 6.07) is 11.8. The molecule has 0 atom stereocenters. The molecule has 1 N–H and O–H groups in total. The quantitative estimate of drug-likeness (QED) is 0.910. The Hall–Kier alpha value is -2.72. The van der Waals surface area contributed by atoms with Crippen molar-refractivity contribution in [2.45, 2.75) is 4.90 Å². The molecule has 0 saturated heterocycles. The van der Waals surface area contributed by atoms with Crippen molar-refractivity contribution in [2.75, 3.05) is 0 Å². The molecule has 0 fully saturated rings. The van der Waals surface area contributed by atoms with Gasteiger partial charge in [-0.25, -0.2) is 13.1 Å². The van der Waals surface area contributed by atoms with Gasteiger partial charge in [0.2, 0.25) is 0 Å². The molecule has 0 unspecified atom stereocenters. The molecule has 100 valence electrons. The second-order valence-electron chi connectivity index (χ2n) is 3.79. The summed E-state index contributed by atoms with van der Waals surface area (Å²) in [4.78, 5) is 15.4. The number of benzene rings is 1. The summed E-state index contributed by atoms with van der Waals surface area (Å²) in [6.07, 6.45) is 1.39. The first kappa shape index (κ1) is 13.7. The predicted molar refractivity (Wildman–Crippen MR) is 70.0 cm³/mol. The zero-order chi connectivity index (χ0) is 14.6. The zero-order valence-electron chi connectivity index (χ0n) is 10.1. The number of amides is 1. The van der Waals surface area contributed by atoms with E-state index in [0.717, 1.165) is 0 Å². The Morgan fingerprint density at radius 1 is 1.20 bits per heavy atom. The summed E-state index contributed by atoms with van der Waals surface area (Å²) in [5.41, 5.74) is 0.186. The first-order valence-corrected chi connectivity index (χ1v) is 6.99. The average Bonchev–Trinajstić information content (AvgIpc) is 2.48. The van der Waals surface area contributed by atoms with Crippen molar-refractivity contribution in [2.24, 2.45) is 0 Å². The van der Waals surface area contributed by atoms with Crippen LogP contribution in [-0.2, 0) is 10.0 Å². The average molecular weight is 287 g/mol. The number of hydrogen-bond donors (Lipinski definition) is 1. The summed E-state index contributed by atoms with van der Waals surface area (Å²) < 4.78 is 25.9. The fourth-order valence-corrected chi connectivity index (χ4v) is 2.47. The number of carbonyl (C=O) groups is 1. The molecule has 0 aliphatic heterocycles. The molecular formula is C13H9N3O3S. The Labute approximate surface area is 115 Å². The van der Waals surface area contributed by atoms with Crippen LogP contribution in [0.2, 0.25) is 0 Å². The first-order valence-electron chi connectivity index (χ1n) is 5.51. The smallest absolute Gasteiger partial charge is 0.266 e. The van der Waals surface area contributed by atoms with E-state index in [1.165, 1.54) is 36.5 Å². The Kier molecular flexibility index (Phi) is 3.77. The molecule has 0 spiro atoms. The molecule has 0 radical (unpaired) electrons. The van der Waals surface area contributed by atoms with E-state index in [1.807, 2.05) is 10.8 Å². The molecule has 1 amide bonds. The van der Waals surface area contributed by atoms with E-state index in [4.69, 9.17) is 5.26 Å². The van der Waals surface area contributed by atoms with Crippen molar-refractivity contribution in [3.05, 3.63) is 59.9 Å². The fourth-order valence-electron chi connectivity index (χ4n) is 1.46. The van der Waals surface area contributed by atoms with E-state index in [2.05, 4.69) is 4.98 Å². The maximum absolute atomic E-state index is 12.0. The monoisotopic (exact) mass is 287 g/mol. The molecular weight excluding hydrogens is 278 g/mol. The van der Waals surface area contributed by atoms with Gasteiger partial charge in [-0.05, 0) is 30.3 Å². The van der Waals surface area contributed by atoms with E-state index in [9.17, 15) is 13.2 Å². The molecule has 0 saturated carbocycles. The molecule has 20 heavy (non-hydrogen) atoms. The number of pyridine rings is 1. The minimum atomic E-state index is -4.03. The van der Waals surface area contributed by atoms with E-state index in [1.54, 1.807) is 12.1 Å². The summed E-state index contributed by atoms with van der Waals surface area (Å²) in [5, 5.41) is 8.75. The molecule has 2 rings (SSSR count). The Morgan fingerprint density at radius 3 is 2.65 bits per heavy atom. The summed E-state index contributed by atoms with van der Waals surface area (Å²) in [6.45, 7) is 0. The van der Waals surface area contributed by atoms with Crippen molar-refractivity contribution in [1.82, 2.24) is 9.71 Å². The highest BCUT2D eigenvalue weighted by Gasteiger charge is 2.19. The summed E-state index contributed by atoms with van der Waals surface area (Å²) in [5.74, 6) is -0.826. The lowest BCUT2D eigenvalue weighted by molar-refractivity contribution is 0.0976. The molecule has 7 heteroatoms. The van der Waals surface area contributed by atoms with E-state index in [0.29, 0.717) is 0 Å². The van der Waals surface area contributed by atoms with Crippen molar-refractivity contribution in [3.63, 3.8) is 0 Å². The van der Waals surface area contributed by atoms with Gasteiger partial charge in [-0.1, -0.05) is 12.1 Å². The summed E-state index contributed by atoms with van der Waals surface area (Å²) in [7, 11) is -4.03. The van der Waals surface area contributed by atoms with E-state index < -0.39 is 15.9 Å². The highest BCUT2D eigenvalue weighted by Crippen LogP contribution is 2.11. The predicted octanol–water partition coefficient (Wildman–Crippen LogP) is 1.07. The third-order valence-corrected chi connectivity index (χ3v) is 3.73. The van der Waals surface area contributed by atoms with Crippen molar-refractivity contribution < 1.29 is 13.2 Å². The van der Waals surface area contributed by atoms with Crippen LogP contribution in [0.15, 0.2) is 53.6 Å². The topological polar surface area (TPSA) is 99.9 Å². The van der Waals surface area contributed by atoms with Gasteiger partial charge in [0.05, 0.1) is 16.5 Å². The third kappa shape index (κ3) is 2.99. The highest BCUT2D eigenvalue weighted by molar-refractivity contribution is 7.90. The fraction of sp³-hybridized carbons (Fsp3) is 0. The minimum Gasteiger partial charge on any atom is -0.266 e. The number of aromatic nitrogens is 1. The number of nitrogens with one attached hydrogen (secondary N) is 1. The van der Waals surface area contributed by atoms with Gasteiger partial charge in [-0.3, -0.25) is 9.78 Å². The van der Waals surface area contributed by atoms with E-state index >= 15 is 0 Å². The van der Waals surface area contributed by atoms with Gasteiger partial charge >= 0.3 is 0 Å². The van der Waals surface area contributed by atoms with Crippen molar-refractivity contribution in [1.29, 1.82) is 5.26 Å². The standard InChI is InChI=1S/C13H9N3O3S/c14-9-10-4-3-5-11(8-10)20(18,19)16-13(17)12-6-1-2-7-15-12/h1-8H,(H,16,17). The van der Waals surface area contributed by atoms with Gasteiger partial charge in [-0.2, -0.15) is 5.26 Å². The Balaban J connectivity index is 2.28. The molecule has 1 heterocycles. The van der Waals surface area contributed by atoms with Crippen LogP contribution in [0, 0.1) is 11.3 Å². The number of nitriles is 1. The largest absolute Gasteiger partial charge is 0.283 e. The van der Waals surface area contributed by atoms with Crippen molar-refractivity contribution in [3.8, 4) is 6.07 Å². The maximum atomic E-state index is 12.0. The van der Waals surface area contributed by atoms with Crippen LogP contribution in [0.25, 0.3) is 0 Å². The number of rotatable bonds is 3. The Morgan fingerprint density at radius 2 is 2.00 bits per heavy atom. The van der Waals surface area contributed by atoms with Gasteiger partial charge in [0.15, 0.2) is 0 Å². The first-order chi connectivity index (χ1) is 9.53. The lowest BCUT2D eigenvalue weighted by Crippen LogP contribution is -2.31. The third-order valence-electron chi connectivity index (χ3n) is 2.40. The summed E-state index contributed by atoms with van der Waals surface area (Å²) >= 11 is 0. The van der Waals surface area contributed by atoms with Gasteiger partial charge in [-0.15, -0.1) is 0 Å². The lowest BCUT2D eigenvalue weighted by atomic mass is 10.2. The molecule has 0 aliphatic rings. The molecule has 1 aromatic heterocycles. The normalized spacial score (nSPS) is 10.6. The molecule has 6 nitrogen and oxygen atoms in total. The molecule has 0 bridgehead atoms. The molecule has 1 aromatic carbocycles. The number of nitrogens with zero attached hydrogens (tertiary/aromatic N) is 2. The van der Waals surface area contributed by atoms with Crippen LogP contribution in [0.4, 0.5) is 0 Å². The SMILES string of the molecule is N#Cc1cccc(S(=O)(=O)NC(=O)c2ccccn2)c1. The maximum Gasteiger partial charge on any atom is 0.283 e. The minimum absolute atomic E-state index is 0.00693. The van der Waals surface area contributed by atoms with Crippen LogP contribution in [0.5, 0.6) is 0 Å². The van der Waals surface area contributed by atoms with E-state index in [-0.39, 0.29) is 16.2 Å². The van der Waals surface area contributed by atoms with Gasteiger partial charge < -0.3 is 0 Å². The number of carbonyl (C=O) groups excluding carboxylic acids is 1. The number of hydrogen-bond acceptors (Lipinski definition) is 5. The second-order valence-corrected chi connectivity index (χ2v) is 5.47. The highest BCUT2D eigenvalue weighted by atomic mass is 32.2. The second kappa shape index (κ2) is 5.50. The molecule has 2 aromatic rings. The molecule has 0 aliphatic carbocycles. The van der Waals surface area contributed by atoms with Crippen LogP contribution in [0.1, 0.15) is 16.1 Å². The van der Waals surface area contributed by atoms with Crippen molar-refractivity contribution >= 4 is 15.9 Å². The Bertz CT molecular complexity index is 780. The number of sulfonamides is 1. The van der Waals surface area contributed by atoms with Gasteiger partial charge in [0.1, 0.15) is 5.69 Å². The van der Waals surface area contributed by atoms with Crippen LogP contribution >= 0.6 is 0 Å².